The molecule has 3 N–H and O–H groups in total. The van der Waals surface area contributed by atoms with Crippen LogP contribution in [0.15, 0.2) is 29.4 Å². The van der Waals surface area contributed by atoms with E-state index in [1.807, 2.05) is 0 Å². The maximum atomic E-state index is 12.6. The van der Waals surface area contributed by atoms with E-state index in [-0.39, 0.29) is 27.8 Å². The Morgan fingerprint density at radius 3 is 2.59 bits per heavy atom. The van der Waals surface area contributed by atoms with Crippen molar-refractivity contribution in [2.45, 2.75) is 19.0 Å². The molecular weight excluding hydrogens is 456 g/mol. The van der Waals surface area contributed by atoms with E-state index in [0.29, 0.717) is 22.2 Å². The number of ether oxygens (including phenoxy) is 2. The van der Waals surface area contributed by atoms with Crippen molar-refractivity contribution in [1.29, 1.82) is 0 Å². The number of carbonyl (C=O) groups is 3. The van der Waals surface area contributed by atoms with Gasteiger partial charge in [0.25, 0.3) is 5.91 Å². The first-order valence-corrected chi connectivity index (χ1v) is 11.1. The van der Waals surface area contributed by atoms with Crippen LogP contribution in [0.25, 0.3) is 5.69 Å². The molecule has 11 nitrogen and oxygen atoms in total. The zero-order valence-corrected chi connectivity index (χ0v) is 19.1. The van der Waals surface area contributed by atoms with Gasteiger partial charge in [0.15, 0.2) is 0 Å². The van der Waals surface area contributed by atoms with Crippen LogP contribution in [0.3, 0.4) is 0 Å². The van der Waals surface area contributed by atoms with Gasteiger partial charge in [-0.25, -0.2) is 4.79 Å². The smallest absolute Gasteiger partial charge is 0.341 e. The third-order valence-electron chi connectivity index (χ3n) is 4.19. The first-order chi connectivity index (χ1) is 15.3. The molecule has 13 heteroatoms. The Bertz CT molecular complexity index is 1140. The molecule has 0 saturated carbocycles. The van der Waals surface area contributed by atoms with Crippen molar-refractivity contribution in [2.75, 3.05) is 24.8 Å². The van der Waals surface area contributed by atoms with E-state index in [1.54, 1.807) is 45.2 Å². The molecule has 0 atom stereocenters. The van der Waals surface area contributed by atoms with Gasteiger partial charge in [0.05, 0.1) is 35.6 Å². The molecule has 0 aliphatic heterocycles. The second kappa shape index (κ2) is 10.2. The summed E-state index contributed by atoms with van der Waals surface area (Å²) < 4.78 is 11.7. The highest BCUT2D eigenvalue weighted by Crippen LogP contribution is 2.33. The minimum atomic E-state index is -0.688. The summed E-state index contributed by atoms with van der Waals surface area (Å²) in [7, 11) is 1.57. The fraction of sp³-hybridized carbons (Fsp3) is 0.263. The highest BCUT2D eigenvalue weighted by molar-refractivity contribution is 7.99. The Balaban J connectivity index is 1.73. The van der Waals surface area contributed by atoms with Crippen molar-refractivity contribution < 1.29 is 23.9 Å². The molecule has 0 aliphatic carbocycles. The van der Waals surface area contributed by atoms with E-state index in [2.05, 4.69) is 20.8 Å². The van der Waals surface area contributed by atoms with Gasteiger partial charge in [-0.15, -0.1) is 16.4 Å². The third kappa shape index (κ3) is 5.06. The van der Waals surface area contributed by atoms with Crippen molar-refractivity contribution in [1.82, 2.24) is 20.2 Å². The lowest BCUT2D eigenvalue weighted by molar-refractivity contribution is -0.113. The van der Waals surface area contributed by atoms with Gasteiger partial charge in [-0.2, -0.15) is 4.68 Å². The SMILES string of the molecule is CCOC(=O)c1c(NC(=O)CSc2nnnn2-c2ccc(OC)cc2)sc(C(N)=O)c1C. The summed E-state index contributed by atoms with van der Waals surface area (Å²) in [5, 5.41) is 14.8. The Morgan fingerprint density at radius 2 is 1.97 bits per heavy atom. The number of benzene rings is 1. The number of thioether (sulfide) groups is 1. The number of nitrogens with zero attached hydrogens (tertiary/aromatic N) is 4. The number of esters is 1. The average molecular weight is 477 g/mol. The summed E-state index contributed by atoms with van der Waals surface area (Å²) in [6, 6.07) is 7.10. The lowest BCUT2D eigenvalue weighted by Crippen LogP contribution is -2.17. The Morgan fingerprint density at radius 1 is 1.25 bits per heavy atom. The Hall–Kier alpha value is -3.45. The van der Waals surface area contributed by atoms with Crippen LogP contribution in [0.4, 0.5) is 5.00 Å². The first kappa shape index (κ1) is 23.2. The Kier molecular flexibility index (Phi) is 7.43. The number of tetrazole rings is 1. The summed E-state index contributed by atoms with van der Waals surface area (Å²) in [6.07, 6.45) is 0. The highest BCUT2D eigenvalue weighted by Gasteiger charge is 2.26. The predicted octanol–water partition coefficient (Wildman–Crippen LogP) is 2.05. The number of hydrogen-bond donors (Lipinski definition) is 2. The quantitative estimate of drug-likeness (QED) is 0.349. The fourth-order valence-corrected chi connectivity index (χ4v) is 4.49. The lowest BCUT2D eigenvalue weighted by atomic mass is 10.1. The minimum Gasteiger partial charge on any atom is -0.497 e. The average Bonchev–Trinajstić information content (AvgIpc) is 3.37. The standard InChI is InChI=1S/C19H20N6O5S2/c1-4-30-18(28)14-10(2)15(16(20)27)32-17(14)21-13(26)9-31-19-22-23-24-25(19)11-5-7-12(29-3)8-6-11/h5-8H,4,9H2,1-3H3,(H2,20,27)(H,21,26). The van der Waals surface area contributed by atoms with Gasteiger partial charge in [0, 0.05) is 0 Å². The second-order valence-corrected chi connectivity index (χ2v) is 8.22. The maximum absolute atomic E-state index is 12.6. The van der Waals surface area contributed by atoms with E-state index in [1.165, 1.54) is 4.68 Å². The van der Waals surface area contributed by atoms with Crippen LogP contribution in [-0.4, -0.2) is 57.5 Å². The molecule has 0 saturated heterocycles. The van der Waals surface area contributed by atoms with Gasteiger partial charge in [0.2, 0.25) is 11.1 Å². The van der Waals surface area contributed by atoms with E-state index in [0.717, 1.165) is 23.1 Å². The monoisotopic (exact) mass is 476 g/mol. The summed E-state index contributed by atoms with van der Waals surface area (Å²) in [4.78, 5) is 36.8. The normalized spacial score (nSPS) is 10.6. The van der Waals surface area contributed by atoms with Crippen molar-refractivity contribution >= 4 is 45.9 Å². The van der Waals surface area contributed by atoms with Gasteiger partial charge in [-0.1, -0.05) is 11.8 Å². The van der Waals surface area contributed by atoms with Gasteiger partial charge >= 0.3 is 5.97 Å². The van der Waals surface area contributed by atoms with E-state index in [9.17, 15) is 14.4 Å². The second-order valence-electron chi connectivity index (χ2n) is 6.25. The van der Waals surface area contributed by atoms with Crippen LogP contribution in [0.2, 0.25) is 0 Å². The van der Waals surface area contributed by atoms with Crippen LogP contribution in [0, 0.1) is 6.92 Å². The predicted molar refractivity (Wildman–Crippen MR) is 119 cm³/mol. The maximum Gasteiger partial charge on any atom is 0.341 e. The number of carbonyl (C=O) groups excluding carboxylic acids is 3. The number of nitrogens with one attached hydrogen (secondary N) is 1. The number of aromatic nitrogens is 4. The number of primary amides is 1. The van der Waals surface area contributed by atoms with Crippen molar-refractivity contribution in [2.24, 2.45) is 5.73 Å². The molecule has 32 heavy (non-hydrogen) atoms. The molecule has 0 aliphatic rings. The summed E-state index contributed by atoms with van der Waals surface area (Å²) in [6.45, 7) is 3.39. The van der Waals surface area contributed by atoms with Crippen LogP contribution >= 0.6 is 23.1 Å². The number of rotatable bonds is 9. The van der Waals surface area contributed by atoms with Crippen LogP contribution in [-0.2, 0) is 9.53 Å². The van der Waals surface area contributed by atoms with E-state index in [4.69, 9.17) is 15.2 Å². The topological polar surface area (TPSA) is 151 Å². The van der Waals surface area contributed by atoms with E-state index < -0.39 is 17.8 Å². The van der Waals surface area contributed by atoms with Crippen molar-refractivity contribution in [3.63, 3.8) is 0 Å². The summed E-state index contributed by atoms with van der Waals surface area (Å²) >= 11 is 2.04. The molecule has 0 spiro atoms. The highest BCUT2D eigenvalue weighted by atomic mass is 32.2. The molecule has 0 unspecified atom stereocenters. The molecule has 0 bridgehead atoms. The van der Waals surface area contributed by atoms with Gasteiger partial charge in [0.1, 0.15) is 10.8 Å². The number of thiophene rings is 1. The molecule has 2 heterocycles. The lowest BCUT2D eigenvalue weighted by Gasteiger charge is -2.07. The first-order valence-electron chi connectivity index (χ1n) is 9.31. The largest absolute Gasteiger partial charge is 0.497 e. The molecule has 3 aromatic rings. The minimum absolute atomic E-state index is 0.0400. The van der Waals surface area contributed by atoms with E-state index >= 15 is 0 Å². The van der Waals surface area contributed by atoms with Crippen LogP contribution in [0.1, 0.15) is 32.5 Å². The van der Waals surface area contributed by atoms with Crippen molar-refractivity contribution in [3.05, 3.63) is 40.3 Å². The molecule has 168 valence electrons. The third-order valence-corrected chi connectivity index (χ3v) is 6.33. The molecule has 3 rings (SSSR count). The number of methoxy groups -OCH3 is 1. The van der Waals surface area contributed by atoms with Crippen LogP contribution in [0.5, 0.6) is 5.75 Å². The number of anilines is 1. The number of nitrogens with two attached hydrogens (primary N) is 1. The van der Waals surface area contributed by atoms with Crippen molar-refractivity contribution in [3.8, 4) is 11.4 Å². The summed E-state index contributed by atoms with van der Waals surface area (Å²) in [5.74, 6) is -1.09. The fourth-order valence-electron chi connectivity index (χ4n) is 2.73. The van der Waals surface area contributed by atoms with Gasteiger partial charge < -0.3 is 20.5 Å². The molecule has 1 aromatic carbocycles. The number of hydrogen-bond acceptors (Lipinski definition) is 10. The number of amides is 2. The zero-order valence-electron chi connectivity index (χ0n) is 17.4. The Labute approximate surface area is 191 Å². The molecule has 2 aromatic heterocycles. The van der Waals surface area contributed by atoms with Gasteiger partial charge in [-0.3, -0.25) is 9.59 Å². The molecule has 0 radical (unpaired) electrons. The van der Waals surface area contributed by atoms with Gasteiger partial charge in [-0.05, 0) is 54.1 Å². The molecular formula is C19H20N6O5S2. The molecule has 2 amide bonds. The molecule has 0 fully saturated rings. The van der Waals surface area contributed by atoms with Crippen LogP contribution < -0.4 is 15.8 Å². The summed E-state index contributed by atoms with van der Waals surface area (Å²) in [5.41, 5.74) is 6.57. The zero-order chi connectivity index (χ0) is 23.3.